The number of aryl methyl sites for hydroxylation is 1. The van der Waals surface area contributed by atoms with Gasteiger partial charge in [-0.25, -0.2) is 8.42 Å². The first-order valence-electron chi connectivity index (χ1n) is 6.71. The highest BCUT2D eigenvalue weighted by Gasteiger charge is 2.47. The molecule has 0 bridgehead atoms. The van der Waals surface area contributed by atoms with Gasteiger partial charge in [0.15, 0.2) is 19.7 Å². The van der Waals surface area contributed by atoms with Crippen molar-refractivity contribution in [3.05, 3.63) is 34.7 Å². The van der Waals surface area contributed by atoms with Crippen LogP contribution >= 0.6 is 10.5 Å². The Bertz CT molecular complexity index is 848. The molecule has 2 rings (SSSR count). The first-order valence-corrected chi connectivity index (χ1v) is 9.34. The normalized spacial score (nSPS) is 13.8. The summed E-state index contributed by atoms with van der Waals surface area (Å²) >= 11 is 0. The van der Waals surface area contributed by atoms with E-state index in [1.165, 1.54) is 0 Å². The maximum absolute atomic E-state index is 13.0. The second-order valence-corrected chi connectivity index (χ2v) is 8.89. The Hall–Kier alpha value is -1.33. The topological polar surface area (TPSA) is 57.2 Å². The van der Waals surface area contributed by atoms with Gasteiger partial charge >= 0.3 is 11.0 Å². The zero-order chi connectivity index (χ0) is 19.8. The van der Waals surface area contributed by atoms with Gasteiger partial charge in [0.1, 0.15) is 0 Å². The Morgan fingerprint density at radius 3 is 1.88 bits per heavy atom. The summed E-state index contributed by atoms with van der Waals surface area (Å²) in [6.45, 7) is 5.54. The number of hydrogen-bond donors (Lipinski definition) is 0. The Kier molecular flexibility index (Phi) is 6.18. The van der Waals surface area contributed by atoms with Crippen LogP contribution in [0.15, 0.2) is 24.3 Å². The van der Waals surface area contributed by atoms with E-state index in [0.29, 0.717) is 15.0 Å². The lowest BCUT2D eigenvalue weighted by Crippen LogP contribution is -2.21. The van der Waals surface area contributed by atoms with Gasteiger partial charge in [0.2, 0.25) is 0 Å². The highest BCUT2D eigenvalue weighted by molar-refractivity contribution is 7.86. The highest BCUT2D eigenvalue weighted by Crippen LogP contribution is 2.50. The lowest BCUT2D eigenvalue weighted by molar-refractivity contribution is -0.0867. The number of halogens is 6. The second-order valence-electron chi connectivity index (χ2n) is 5.36. The number of alkyl halides is 6. The van der Waals surface area contributed by atoms with Crippen molar-refractivity contribution < 1.29 is 39.3 Å². The van der Waals surface area contributed by atoms with E-state index in [-0.39, 0.29) is 5.92 Å². The molecule has 0 spiro atoms. The smallest absolute Gasteiger partial charge is 0.600 e. The van der Waals surface area contributed by atoms with Gasteiger partial charge in [0.05, 0.1) is 10.5 Å². The summed E-state index contributed by atoms with van der Waals surface area (Å²) in [5.41, 5.74) is -8.84. The Labute approximate surface area is 143 Å². The standard InChI is InChI=1S/C13H14F3S.CHF3O3S/c1-8(2)10-4-5-11-6-9(3)17(12(11)7-10)13(14,15)16;2-1(3,4)8(5,6)7/h4-8H,1-3H3;(H,5,6,7)/q+1;/p-1. The van der Waals surface area contributed by atoms with Crippen molar-refractivity contribution in [2.24, 2.45) is 0 Å². The average Bonchev–Trinajstić information content (AvgIpc) is 2.71. The lowest BCUT2D eigenvalue weighted by Gasteiger charge is -2.08. The second kappa shape index (κ2) is 7.12. The molecule has 1 atom stereocenters. The van der Waals surface area contributed by atoms with E-state index in [0.717, 1.165) is 5.56 Å². The molecule has 0 radical (unpaired) electrons. The fourth-order valence-corrected chi connectivity index (χ4v) is 3.79. The average molecular weight is 408 g/mol. The monoisotopic (exact) mass is 408 g/mol. The first kappa shape index (κ1) is 21.7. The number of fused-ring (bicyclic) bond motifs is 1. The maximum Gasteiger partial charge on any atom is 0.600 e. The van der Waals surface area contributed by atoms with Crippen molar-refractivity contribution in [1.29, 1.82) is 0 Å². The van der Waals surface area contributed by atoms with Gasteiger partial charge in [-0.15, -0.1) is 13.2 Å². The molecule has 1 unspecified atom stereocenters. The van der Waals surface area contributed by atoms with Crippen LogP contribution in [-0.2, 0) is 15.6 Å². The minimum atomic E-state index is -6.09. The zero-order valence-corrected chi connectivity index (χ0v) is 14.8. The lowest BCUT2D eigenvalue weighted by atomic mass is 10.0. The van der Waals surface area contributed by atoms with Crippen LogP contribution in [0, 0.1) is 6.92 Å². The molecule has 0 amide bonds. The zero-order valence-electron chi connectivity index (χ0n) is 13.2. The molecule has 1 aromatic carbocycles. The molecule has 1 heterocycles. The summed E-state index contributed by atoms with van der Waals surface area (Å²) < 4.78 is 98.3. The molecule has 0 aliphatic rings. The summed E-state index contributed by atoms with van der Waals surface area (Å²) in [5.74, 6) is 0.250. The molecule has 0 aliphatic heterocycles. The number of hydrogen-bond acceptors (Lipinski definition) is 3. The number of thiophene rings is 1. The van der Waals surface area contributed by atoms with E-state index in [4.69, 9.17) is 13.0 Å². The molecule has 0 aliphatic carbocycles. The van der Waals surface area contributed by atoms with Crippen LogP contribution < -0.4 is 0 Å². The number of benzene rings is 1. The summed E-state index contributed by atoms with van der Waals surface area (Å²) in [7, 11) is -7.82. The molecule has 2 aromatic rings. The molecule has 0 fully saturated rings. The molecule has 25 heavy (non-hydrogen) atoms. The molecule has 1 aromatic heterocycles. The van der Waals surface area contributed by atoms with Crippen LogP contribution in [0.5, 0.6) is 0 Å². The molecule has 11 heteroatoms. The van der Waals surface area contributed by atoms with Gasteiger partial charge in [-0.05, 0) is 17.5 Å². The minimum Gasteiger partial charge on any atom is -0.741 e. The van der Waals surface area contributed by atoms with Gasteiger partial charge in [-0.1, -0.05) is 19.9 Å². The van der Waals surface area contributed by atoms with Crippen molar-refractivity contribution in [2.45, 2.75) is 37.7 Å². The molecular weight excluding hydrogens is 394 g/mol. The maximum atomic E-state index is 13.0. The Morgan fingerprint density at radius 1 is 1.04 bits per heavy atom. The van der Waals surface area contributed by atoms with Crippen molar-refractivity contribution >= 4 is 30.7 Å². The molecule has 142 valence electrons. The van der Waals surface area contributed by atoms with Gasteiger partial charge < -0.3 is 4.55 Å². The van der Waals surface area contributed by atoms with Gasteiger partial charge in [0, 0.05) is 24.4 Å². The third kappa shape index (κ3) is 5.32. The Balaban J connectivity index is 0.000000333. The third-order valence-corrected chi connectivity index (χ3v) is 5.70. The fraction of sp³-hybridized carbons (Fsp3) is 0.429. The summed E-state index contributed by atoms with van der Waals surface area (Å²) in [6.07, 6.45) is 0. The third-order valence-electron chi connectivity index (χ3n) is 3.12. The Morgan fingerprint density at radius 2 is 1.52 bits per heavy atom. The van der Waals surface area contributed by atoms with Crippen LogP contribution in [0.25, 0.3) is 10.1 Å². The molecule has 0 saturated carbocycles. The quantitative estimate of drug-likeness (QED) is 0.269. The predicted octanol–water partition coefficient (Wildman–Crippen LogP) is 5.55. The summed E-state index contributed by atoms with van der Waals surface area (Å²) in [5, 5.41) is 0.715. The van der Waals surface area contributed by atoms with Gasteiger partial charge in [-0.3, -0.25) is 0 Å². The molecule has 0 N–H and O–H groups in total. The SMILES string of the molecule is Cc1cc2ccc(C(C)C)cc2[s+]1C(F)(F)F.O=S(=O)([O-])C(F)(F)F. The van der Waals surface area contributed by atoms with E-state index in [2.05, 4.69) is 0 Å². The fourth-order valence-electron chi connectivity index (χ4n) is 1.96. The van der Waals surface area contributed by atoms with E-state index < -0.39 is 31.6 Å². The first-order chi connectivity index (χ1) is 11.1. The van der Waals surface area contributed by atoms with Crippen LogP contribution in [0.1, 0.15) is 30.2 Å². The summed E-state index contributed by atoms with van der Waals surface area (Å²) in [6, 6.07) is 7.07. The van der Waals surface area contributed by atoms with Gasteiger partial charge in [-0.2, -0.15) is 13.2 Å². The van der Waals surface area contributed by atoms with Crippen LogP contribution in [0.4, 0.5) is 26.3 Å². The van der Waals surface area contributed by atoms with Crippen molar-refractivity contribution in [3.8, 4) is 0 Å². The summed E-state index contributed by atoms with van der Waals surface area (Å²) in [4.78, 5) is 0.411. The van der Waals surface area contributed by atoms with Crippen LogP contribution in [0.3, 0.4) is 0 Å². The number of rotatable bonds is 1. The minimum absolute atomic E-state index is 0.250. The predicted molar refractivity (Wildman–Crippen MR) is 82.3 cm³/mol. The largest absolute Gasteiger partial charge is 0.741 e. The van der Waals surface area contributed by atoms with Crippen LogP contribution in [0.2, 0.25) is 0 Å². The van der Waals surface area contributed by atoms with Crippen molar-refractivity contribution in [3.63, 3.8) is 0 Å². The van der Waals surface area contributed by atoms with Crippen molar-refractivity contribution in [2.75, 3.05) is 0 Å². The molecular formula is C14H14F6O3S2. The van der Waals surface area contributed by atoms with E-state index >= 15 is 0 Å². The molecule has 3 nitrogen and oxygen atoms in total. The van der Waals surface area contributed by atoms with Gasteiger partial charge in [0.25, 0.3) is 0 Å². The van der Waals surface area contributed by atoms with Crippen LogP contribution in [-0.4, -0.2) is 18.5 Å². The van der Waals surface area contributed by atoms with Crippen molar-refractivity contribution in [1.82, 2.24) is 0 Å². The van der Waals surface area contributed by atoms with E-state index in [9.17, 15) is 26.3 Å². The molecule has 0 saturated heterocycles. The van der Waals surface area contributed by atoms with E-state index in [1.54, 1.807) is 25.1 Å². The van der Waals surface area contributed by atoms with E-state index in [1.807, 2.05) is 19.9 Å². The highest BCUT2D eigenvalue weighted by atomic mass is 32.2.